The predicted molar refractivity (Wildman–Crippen MR) is 60.2 cm³/mol. The fraction of sp³-hybridized carbons (Fsp3) is 0.417. The van der Waals surface area contributed by atoms with Gasteiger partial charge in [0.2, 0.25) is 5.84 Å². The molecule has 1 aromatic rings. The van der Waals surface area contributed by atoms with Gasteiger partial charge in [-0.15, -0.1) is 0 Å². The molecule has 0 amide bonds. The second-order valence-electron chi connectivity index (χ2n) is 3.75. The number of nitrogens with one attached hydrogen (secondary N) is 1. The molecule has 2 N–H and O–H groups in total. The van der Waals surface area contributed by atoms with Crippen molar-refractivity contribution in [3.63, 3.8) is 0 Å². The molecule has 15 heavy (non-hydrogen) atoms. The second-order valence-corrected chi connectivity index (χ2v) is 3.75. The fourth-order valence-electron chi connectivity index (χ4n) is 1.91. The molecule has 0 radical (unpaired) electrons. The summed E-state index contributed by atoms with van der Waals surface area (Å²) in [6.07, 6.45) is 0.931. The molecule has 3 heteroatoms. The highest BCUT2D eigenvalue weighted by molar-refractivity contribution is 5.80. The minimum Gasteiger partial charge on any atom is -0.392 e. The van der Waals surface area contributed by atoms with E-state index in [1.54, 1.807) is 0 Å². The zero-order valence-electron chi connectivity index (χ0n) is 8.82. The van der Waals surface area contributed by atoms with Crippen molar-refractivity contribution >= 4 is 5.84 Å². The summed E-state index contributed by atoms with van der Waals surface area (Å²) in [6.45, 7) is 2.94. The van der Waals surface area contributed by atoms with E-state index in [-0.39, 0.29) is 6.61 Å². The molecule has 0 fully saturated rings. The van der Waals surface area contributed by atoms with E-state index in [4.69, 9.17) is 5.11 Å². The van der Waals surface area contributed by atoms with Gasteiger partial charge in [-0.3, -0.25) is 9.89 Å². The van der Waals surface area contributed by atoms with Gasteiger partial charge in [0.25, 0.3) is 0 Å². The molecule has 0 unspecified atom stereocenters. The maximum Gasteiger partial charge on any atom is 0.249 e. The number of hydrogen-bond donors (Lipinski definition) is 2. The lowest BCUT2D eigenvalue weighted by atomic mass is 10.1. The van der Waals surface area contributed by atoms with Gasteiger partial charge in [0.1, 0.15) is 19.6 Å². The number of nitrogens with zero attached hydrogens (tertiary/aromatic N) is 1. The van der Waals surface area contributed by atoms with Gasteiger partial charge >= 0.3 is 0 Å². The third-order valence-corrected chi connectivity index (χ3v) is 2.68. The van der Waals surface area contributed by atoms with Crippen LogP contribution in [0, 0.1) is 0 Å². The van der Waals surface area contributed by atoms with Crippen molar-refractivity contribution in [3.05, 3.63) is 35.9 Å². The normalized spacial score (nSPS) is 15.5. The zero-order chi connectivity index (χ0) is 10.5. The molecular weight excluding hydrogens is 188 g/mol. The molecule has 0 saturated carbocycles. The van der Waals surface area contributed by atoms with Crippen LogP contribution in [0.5, 0.6) is 0 Å². The lowest BCUT2D eigenvalue weighted by molar-refractivity contribution is -0.521. The van der Waals surface area contributed by atoms with Crippen molar-refractivity contribution < 1.29 is 9.68 Å². The molecule has 1 aromatic carbocycles. The van der Waals surface area contributed by atoms with Crippen molar-refractivity contribution in [1.82, 2.24) is 5.32 Å². The summed E-state index contributed by atoms with van der Waals surface area (Å²) >= 11 is 0. The van der Waals surface area contributed by atoms with Gasteiger partial charge in [0.15, 0.2) is 0 Å². The predicted octanol–water partition coefficient (Wildman–Crippen LogP) is 0.236. The Morgan fingerprint density at radius 3 is 2.80 bits per heavy atom. The Bertz CT molecular complexity index is 346. The number of β-amino-alcohol motifs (C(OH)–C–C–N with tert-alkyl or cyclic N) is 1. The Morgan fingerprint density at radius 1 is 1.27 bits per heavy atom. The van der Waals surface area contributed by atoms with Gasteiger partial charge in [0.05, 0.1) is 13.0 Å². The first-order valence-electron chi connectivity index (χ1n) is 5.39. The van der Waals surface area contributed by atoms with Gasteiger partial charge in [-0.1, -0.05) is 30.3 Å². The van der Waals surface area contributed by atoms with Gasteiger partial charge in [-0.05, 0) is 5.56 Å². The second kappa shape index (κ2) is 4.94. The van der Waals surface area contributed by atoms with Gasteiger partial charge in [-0.25, -0.2) is 0 Å². The van der Waals surface area contributed by atoms with Crippen molar-refractivity contribution in [3.8, 4) is 0 Å². The third-order valence-electron chi connectivity index (χ3n) is 2.68. The minimum atomic E-state index is 0.222. The van der Waals surface area contributed by atoms with Crippen molar-refractivity contribution in [2.75, 3.05) is 26.2 Å². The molecular formula is C12H17N2O+. The highest BCUT2D eigenvalue weighted by Crippen LogP contribution is 2.02. The molecule has 0 bridgehead atoms. The van der Waals surface area contributed by atoms with Crippen LogP contribution in [0.4, 0.5) is 0 Å². The Kier molecular flexibility index (Phi) is 3.35. The Balaban J connectivity index is 2.07. The Morgan fingerprint density at radius 2 is 2.07 bits per heavy atom. The number of hydrogen-bond acceptors (Lipinski definition) is 2. The van der Waals surface area contributed by atoms with E-state index in [1.807, 2.05) is 6.07 Å². The van der Waals surface area contributed by atoms with Crippen molar-refractivity contribution in [2.24, 2.45) is 0 Å². The minimum absolute atomic E-state index is 0.222. The van der Waals surface area contributed by atoms with Crippen molar-refractivity contribution in [2.45, 2.75) is 6.42 Å². The van der Waals surface area contributed by atoms with Crippen LogP contribution in [-0.2, 0) is 6.42 Å². The van der Waals surface area contributed by atoms with E-state index >= 15 is 0 Å². The Labute approximate surface area is 90.1 Å². The molecule has 0 atom stereocenters. The molecule has 80 valence electrons. The van der Waals surface area contributed by atoms with Gasteiger partial charge in [0, 0.05) is 0 Å². The molecule has 1 heterocycles. The molecule has 0 spiro atoms. The van der Waals surface area contributed by atoms with Crippen LogP contribution < -0.4 is 5.32 Å². The topological polar surface area (TPSA) is 35.3 Å². The summed E-state index contributed by atoms with van der Waals surface area (Å²) < 4.78 is 2.22. The summed E-state index contributed by atoms with van der Waals surface area (Å²) in [7, 11) is 0. The van der Waals surface area contributed by atoms with Crippen LogP contribution in [0.1, 0.15) is 5.56 Å². The highest BCUT2D eigenvalue weighted by Gasteiger charge is 2.19. The summed E-state index contributed by atoms with van der Waals surface area (Å²) in [4.78, 5) is 0. The largest absolute Gasteiger partial charge is 0.392 e. The first-order valence-corrected chi connectivity index (χ1v) is 5.39. The van der Waals surface area contributed by atoms with Crippen LogP contribution in [0.15, 0.2) is 30.3 Å². The maximum absolute atomic E-state index is 8.93. The van der Waals surface area contributed by atoms with E-state index in [0.717, 1.165) is 26.1 Å². The number of aliphatic hydroxyl groups excluding tert-OH is 1. The average Bonchev–Trinajstić information content (AvgIpc) is 2.68. The van der Waals surface area contributed by atoms with Crippen LogP contribution in [0.3, 0.4) is 0 Å². The first-order chi connectivity index (χ1) is 7.40. The van der Waals surface area contributed by atoms with Gasteiger partial charge < -0.3 is 5.11 Å². The molecule has 0 saturated heterocycles. The third kappa shape index (κ3) is 2.57. The summed E-state index contributed by atoms with van der Waals surface area (Å²) in [6, 6.07) is 10.4. The van der Waals surface area contributed by atoms with Crippen molar-refractivity contribution in [1.29, 1.82) is 0 Å². The zero-order valence-corrected chi connectivity index (χ0v) is 8.82. The molecule has 3 nitrogen and oxygen atoms in total. The SMILES string of the molecule is OCC[N+]1=C(Cc2ccccc2)NCC1. The quantitative estimate of drug-likeness (QED) is 0.690. The standard InChI is InChI=1S/C12H16N2O/c15-9-8-14-7-6-13-12(14)10-11-4-2-1-3-5-11/h1-5,15H,6-10H2/p+1. The fourth-order valence-corrected chi connectivity index (χ4v) is 1.91. The molecule has 1 aliphatic heterocycles. The lowest BCUT2D eigenvalue weighted by Gasteiger charge is -2.02. The van der Waals surface area contributed by atoms with Crippen LogP contribution in [0.2, 0.25) is 0 Å². The highest BCUT2D eigenvalue weighted by atomic mass is 16.3. The van der Waals surface area contributed by atoms with Crippen LogP contribution in [0.25, 0.3) is 0 Å². The summed E-state index contributed by atoms with van der Waals surface area (Å²) in [5.41, 5.74) is 1.31. The van der Waals surface area contributed by atoms with E-state index in [0.29, 0.717) is 0 Å². The summed E-state index contributed by atoms with van der Waals surface area (Å²) in [5, 5.41) is 12.3. The maximum atomic E-state index is 8.93. The number of amidine groups is 1. The molecule has 0 aliphatic carbocycles. The smallest absolute Gasteiger partial charge is 0.249 e. The van der Waals surface area contributed by atoms with Gasteiger partial charge in [-0.2, -0.15) is 0 Å². The summed E-state index contributed by atoms with van der Waals surface area (Å²) in [5.74, 6) is 1.23. The Hall–Kier alpha value is -1.35. The molecule has 1 aliphatic rings. The monoisotopic (exact) mass is 205 g/mol. The number of rotatable bonds is 4. The van der Waals surface area contributed by atoms with Crippen LogP contribution in [-0.4, -0.2) is 41.8 Å². The van der Waals surface area contributed by atoms with Crippen LogP contribution >= 0.6 is 0 Å². The lowest BCUT2D eigenvalue weighted by Crippen LogP contribution is -2.26. The number of aliphatic hydroxyl groups is 1. The molecule has 2 rings (SSSR count). The van der Waals surface area contributed by atoms with E-state index < -0.39 is 0 Å². The average molecular weight is 205 g/mol. The number of benzene rings is 1. The van der Waals surface area contributed by atoms with E-state index in [9.17, 15) is 0 Å². The van der Waals surface area contributed by atoms with E-state index in [1.165, 1.54) is 11.4 Å². The first kappa shape index (κ1) is 10.2. The van der Waals surface area contributed by atoms with E-state index in [2.05, 4.69) is 34.2 Å². The molecule has 0 aromatic heterocycles.